The second kappa shape index (κ2) is 6.45. The number of carbonyl (C=O) groups excluding carboxylic acids is 2. The molecular formula is C14H17N5O2S. The van der Waals surface area contributed by atoms with E-state index in [9.17, 15) is 9.59 Å². The van der Waals surface area contributed by atoms with Crippen LogP contribution < -0.4 is 16.4 Å². The summed E-state index contributed by atoms with van der Waals surface area (Å²) in [5, 5.41) is 5.16. The van der Waals surface area contributed by atoms with Crippen LogP contribution in [0.5, 0.6) is 0 Å². The third kappa shape index (κ3) is 3.63. The summed E-state index contributed by atoms with van der Waals surface area (Å²) in [7, 11) is 0. The van der Waals surface area contributed by atoms with Crippen molar-refractivity contribution in [3.05, 3.63) is 22.9 Å². The first-order valence-corrected chi connectivity index (χ1v) is 8.02. The number of hydrogen-bond acceptors (Lipinski definition) is 7. The fourth-order valence-corrected chi connectivity index (χ4v) is 3.19. The van der Waals surface area contributed by atoms with Gasteiger partial charge in [0.05, 0.1) is 10.6 Å². The Kier molecular flexibility index (Phi) is 4.39. The fourth-order valence-electron chi connectivity index (χ4n) is 2.52. The van der Waals surface area contributed by atoms with Crippen LogP contribution >= 0.6 is 11.8 Å². The van der Waals surface area contributed by atoms with E-state index in [4.69, 9.17) is 5.73 Å². The summed E-state index contributed by atoms with van der Waals surface area (Å²) < 4.78 is 0. The van der Waals surface area contributed by atoms with E-state index in [1.165, 1.54) is 0 Å². The molecule has 0 unspecified atom stereocenters. The van der Waals surface area contributed by atoms with Crippen LogP contribution in [0.3, 0.4) is 0 Å². The standard InChI is InChI=1S/C14H17N5O2S/c15-8-1-3-9(4-2-8)17-13-16-6-5-10(18-13)7-11-12(20)19-14(21)22-11/h5-9H,1-4,15H2,(H,16,17,18)(H,19,20,21)/t8-,9-. The van der Waals surface area contributed by atoms with E-state index >= 15 is 0 Å². The predicted molar refractivity (Wildman–Crippen MR) is 85.0 cm³/mol. The number of thioether (sulfide) groups is 1. The van der Waals surface area contributed by atoms with Gasteiger partial charge in [-0.15, -0.1) is 0 Å². The van der Waals surface area contributed by atoms with Crippen LogP contribution in [-0.2, 0) is 4.79 Å². The Morgan fingerprint density at radius 3 is 2.77 bits per heavy atom. The molecule has 1 saturated carbocycles. The second-order valence-corrected chi connectivity index (χ2v) is 6.43. The topological polar surface area (TPSA) is 110 Å². The highest BCUT2D eigenvalue weighted by atomic mass is 32.2. The van der Waals surface area contributed by atoms with Crippen molar-refractivity contribution >= 4 is 34.9 Å². The van der Waals surface area contributed by atoms with Gasteiger partial charge in [0.15, 0.2) is 0 Å². The Balaban J connectivity index is 1.69. The number of rotatable bonds is 3. The lowest BCUT2D eigenvalue weighted by molar-refractivity contribution is -0.115. The monoisotopic (exact) mass is 319 g/mol. The van der Waals surface area contributed by atoms with Gasteiger partial charge in [-0.1, -0.05) is 0 Å². The molecule has 1 aliphatic carbocycles. The summed E-state index contributed by atoms with van der Waals surface area (Å²) in [6.45, 7) is 0. The lowest BCUT2D eigenvalue weighted by atomic mass is 9.92. The first-order valence-electron chi connectivity index (χ1n) is 7.20. The lowest BCUT2D eigenvalue weighted by Gasteiger charge is -2.26. The van der Waals surface area contributed by atoms with E-state index in [-0.39, 0.29) is 11.1 Å². The number of aromatic nitrogens is 2. The maximum Gasteiger partial charge on any atom is 0.290 e. The normalized spacial score (nSPS) is 27.0. The molecule has 0 aromatic carbocycles. The minimum atomic E-state index is -0.385. The van der Waals surface area contributed by atoms with Crippen molar-refractivity contribution in [2.24, 2.45) is 5.73 Å². The van der Waals surface area contributed by atoms with E-state index in [0.717, 1.165) is 37.4 Å². The van der Waals surface area contributed by atoms with Crippen LogP contribution in [0.15, 0.2) is 17.2 Å². The van der Waals surface area contributed by atoms with Crippen LogP contribution in [0.1, 0.15) is 31.4 Å². The molecule has 1 saturated heterocycles. The third-order valence-electron chi connectivity index (χ3n) is 3.70. The number of imide groups is 1. The molecule has 22 heavy (non-hydrogen) atoms. The van der Waals surface area contributed by atoms with Crippen molar-refractivity contribution in [1.29, 1.82) is 0 Å². The van der Waals surface area contributed by atoms with Crippen LogP contribution in [0.2, 0.25) is 0 Å². The van der Waals surface area contributed by atoms with Crippen molar-refractivity contribution in [1.82, 2.24) is 15.3 Å². The molecule has 0 spiro atoms. The number of amides is 2. The minimum absolute atomic E-state index is 0.297. The van der Waals surface area contributed by atoms with E-state index in [1.807, 2.05) is 0 Å². The van der Waals surface area contributed by atoms with Gasteiger partial charge in [-0.25, -0.2) is 9.97 Å². The van der Waals surface area contributed by atoms with Gasteiger partial charge in [0.2, 0.25) is 5.95 Å². The van der Waals surface area contributed by atoms with Gasteiger partial charge in [-0.3, -0.25) is 14.9 Å². The van der Waals surface area contributed by atoms with Crippen molar-refractivity contribution in [2.75, 3.05) is 5.32 Å². The molecule has 1 aromatic heterocycles. The summed E-state index contributed by atoms with van der Waals surface area (Å²) >= 11 is 0.877. The zero-order valence-electron chi connectivity index (χ0n) is 11.9. The first-order chi connectivity index (χ1) is 10.6. The highest BCUT2D eigenvalue weighted by Crippen LogP contribution is 2.25. The average molecular weight is 319 g/mol. The smallest absolute Gasteiger partial charge is 0.290 e. The Bertz CT molecular complexity index is 625. The Morgan fingerprint density at radius 2 is 2.09 bits per heavy atom. The van der Waals surface area contributed by atoms with Crippen LogP contribution in [-0.4, -0.2) is 33.2 Å². The van der Waals surface area contributed by atoms with E-state index in [0.29, 0.717) is 28.6 Å². The molecule has 0 bridgehead atoms. The quantitative estimate of drug-likeness (QED) is 0.724. The molecule has 116 valence electrons. The molecule has 8 heteroatoms. The summed E-state index contributed by atoms with van der Waals surface area (Å²) in [5.41, 5.74) is 6.49. The molecule has 0 atom stereocenters. The zero-order valence-corrected chi connectivity index (χ0v) is 12.7. The van der Waals surface area contributed by atoms with Crippen molar-refractivity contribution in [3.63, 3.8) is 0 Å². The lowest BCUT2D eigenvalue weighted by Crippen LogP contribution is -2.33. The van der Waals surface area contributed by atoms with Gasteiger partial charge in [-0.2, -0.15) is 0 Å². The Hall–Kier alpha value is -1.93. The summed E-state index contributed by atoms with van der Waals surface area (Å²) in [6.07, 6.45) is 7.23. The molecule has 2 amide bonds. The van der Waals surface area contributed by atoms with Gasteiger partial charge >= 0.3 is 0 Å². The molecule has 3 rings (SSSR count). The van der Waals surface area contributed by atoms with Crippen LogP contribution in [0.4, 0.5) is 10.7 Å². The van der Waals surface area contributed by atoms with Gasteiger partial charge < -0.3 is 11.1 Å². The van der Waals surface area contributed by atoms with Gasteiger partial charge in [-0.05, 0) is 49.6 Å². The zero-order chi connectivity index (χ0) is 15.5. The molecule has 0 radical (unpaired) electrons. The Morgan fingerprint density at radius 1 is 1.32 bits per heavy atom. The number of anilines is 1. The molecule has 2 fully saturated rings. The number of nitrogens with one attached hydrogen (secondary N) is 2. The number of carbonyl (C=O) groups is 2. The number of hydrogen-bond donors (Lipinski definition) is 3. The third-order valence-corrected chi connectivity index (χ3v) is 4.51. The highest BCUT2D eigenvalue weighted by molar-refractivity contribution is 8.18. The molecule has 1 aromatic rings. The SMILES string of the molecule is N[C@H]1CC[C@H](Nc2nccc(C=C3SC(=O)NC3=O)n2)CC1. The largest absolute Gasteiger partial charge is 0.351 e. The van der Waals surface area contributed by atoms with E-state index in [1.54, 1.807) is 18.3 Å². The molecular weight excluding hydrogens is 302 g/mol. The average Bonchev–Trinajstić information content (AvgIpc) is 2.80. The van der Waals surface area contributed by atoms with E-state index in [2.05, 4.69) is 20.6 Å². The van der Waals surface area contributed by atoms with Gasteiger partial charge in [0.1, 0.15) is 0 Å². The first kappa shape index (κ1) is 15.0. The fraction of sp³-hybridized carbons (Fsp3) is 0.429. The molecule has 4 N–H and O–H groups in total. The van der Waals surface area contributed by atoms with Crippen LogP contribution in [0.25, 0.3) is 6.08 Å². The van der Waals surface area contributed by atoms with Crippen molar-refractivity contribution in [3.8, 4) is 0 Å². The van der Waals surface area contributed by atoms with Crippen molar-refractivity contribution in [2.45, 2.75) is 37.8 Å². The Labute approximate surface area is 132 Å². The summed E-state index contributed by atoms with van der Waals surface area (Å²) in [6, 6.07) is 2.32. The molecule has 2 aliphatic rings. The van der Waals surface area contributed by atoms with Crippen LogP contribution in [0, 0.1) is 0 Å². The maximum absolute atomic E-state index is 11.5. The summed E-state index contributed by atoms with van der Waals surface area (Å²) in [5.74, 6) is 0.147. The second-order valence-electron chi connectivity index (χ2n) is 5.41. The predicted octanol–water partition coefficient (Wildman–Crippen LogP) is 1.48. The highest BCUT2D eigenvalue weighted by Gasteiger charge is 2.25. The summed E-state index contributed by atoms with van der Waals surface area (Å²) in [4.78, 5) is 31.6. The number of nitrogens with two attached hydrogens (primary N) is 1. The minimum Gasteiger partial charge on any atom is -0.351 e. The number of nitrogens with zero attached hydrogens (tertiary/aromatic N) is 2. The molecule has 7 nitrogen and oxygen atoms in total. The van der Waals surface area contributed by atoms with E-state index < -0.39 is 0 Å². The van der Waals surface area contributed by atoms with Gasteiger partial charge in [0.25, 0.3) is 11.1 Å². The maximum atomic E-state index is 11.5. The molecule has 1 aliphatic heterocycles. The van der Waals surface area contributed by atoms with Crippen molar-refractivity contribution < 1.29 is 9.59 Å². The molecule has 2 heterocycles. The van der Waals surface area contributed by atoms with Gasteiger partial charge in [0, 0.05) is 18.3 Å².